The van der Waals surface area contributed by atoms with Crippen molar-refractivity contribution in [2.75, 3.05) is 14.2 Å². The van der Waals surface area contributed by atoms with E-state index in [0.717, 1.165) is 22.2 Å². The Labute approximate surface area is 133 Å². The van der Waals surface area contributed by atoms with E-state index < -0.39 is 5.92 Å². The molecule has 1 atom stereocenters. The van der Waals surface area contributed by atoms with Gasteiger partial charge in [-0.25, -0.2) is 8.78 Å². The molecular weight excluding hydrogens is 340 g/mol. The molecule has 5 heteroatoms. The van der Waals surface area contributed by atoms with E-state index in [1.807, 2.05) is 25.2 Å². The number of nitrogens with one attached hydrogen (secondary N) is 1. The summed E-state index contributed by atoms with van der Waals surface area (Å²) < 4.78 is 32.9. The summed E-state index contributed by atoms with van der Waals surface area (Å²) in [7, 11) is 3.55. The SMILES string of the molecule is CNC(Cc1cc(OC)ccc1Br)C1CCC(F)(F)CC1. The summed E-state index contributed by atoms with van der Waals surface area (Å²) in [5, 5.41) is 3.31. The van der Waals surface area contributed by atoms with Crippen LogP contribution in [0.25, 0.3) is 0 Å². The average molecular weight is 362 g/mol. The van der Waals surface area contributed by atoms with Gasteiger partial charge in [0, 0.05) is 23.4 Å². The van der Waals surface area contributed by atoms with Crippen LogP contribution in [0.4, 0.5) is 8.78 Å². The van der Waals surface area contributed by atoms with Crippen LogP contribution in [-0.2, 0) is 6.42 Å². The van der Waals surface area contributed by atoms with Crippen molar-refractivity contribution in [2.24, 2.45) is 5.92 Å². The van der Waals surface area contributed by atoms with Crippen LogP contribution in [0.5, 0.6) is 5.75 Å². The summed E-state index contributed by atoms with van der Waals surface area (Å²) in [6.07, 6.45) is 2.00. The molecule has 1 unspecified atom stereocenters. The van der Waals surface area contributed by atoms with Crippen molar-refractivity contribution in [3.05, 3.63) is 28.2 Å². The minimum atomic E-state index is -2.47. The van der Waals surface area contributed by atoms with Crippen molar-refractivity contribution in [2.45, 2.75) is 44.1 Å². The molecule has 1 aromatic carbocycles. The van der Waals surface area contributed by atoms with Crippen molar-refractivity contribution in [3.8, 4) is 5.75 Å². The van der Waals surface area contributed by atoms with Crippen molar-refractivity contribution >= 4 is 15.9 Å². The van der Waals surface area contributed by atoms with Crippen LogP contribution in [-0.4, -0.2) is 26.1 Å². The lowest BCUT2D eigenvalue weighted by Gasteiger charge is -2.34. The second-order valence-corrected chi connectivity index (χ2v) is 6.60. The van der Waals surface area contributed by atoms with Gasteiger partial charge < -0.3 is 10.1 Å². The average Bonchev–Trinajstić information content (AvgIpc) is 2.47. The number of hydrogen-bond acceptors (Lipinski definition) is 2. The van der Waals surface area contributed by atoms with Crippen LogP contribution < -0.4 is 10.1 Å². The van der Waals surface area contributed by atoms with Gasteiger partial charge >= 0.3 is 0 Å². The van der Waals surface area contributed by atoms with Crippen molar-refractivity contribution in [1.82, 2.24) is 5.32 Å². The fourth-order valence-electron chi connectivity index (χ4n) is 3.04. The summed E-state index contributed by atoms with van der Waals surface area (Å²) in [5.41, 5.74) is 1.14. The second kappa shape index (κ2) is 7.05. The molecule has 118 valence electrons. The number of halogens is 3. The molecule has 1 fully saturated rings. The summed E-state index contributed by atoms with van der Waals surface area (Å²) in [4.78, 5) is 0. The number of alkyl halides is 2. The third kappa shape index (κ3) is 4.39. The summed E-state index contributed by atoms with van der Waals surface area (Å²) >= 11 is 3.56. The van der Waals surface area contributed by atoms with Gasteiger partial charge in [-0.2, -0.15) is 0 Å². The molecule has 1 saturated carbocycles. The van der Waals surface area contributed by atoms with Gasteiger partial charge in [0.1, 0.15) is 5.75 Å². The molecule has 2 rings (SSSR count). The lowest BCUT2D eigenvalue weighted by Crippen LogP contribution is -2.39. The third-order valence-electron chi connectivity index (χ3n) is 4.39. The maximum atomic E-state index is 13.3. The molecule has 0 saturated heterocycles. The zero-order chi connectivity index (χ0) is 15.5. The maximum Gasteiger partial charge on any atom is 0.248 e. The van der Waals surface area contributed by atoms with Crippen LogP contribution in [0.15, 0.2) is 22.7 Å². The zero-order valence-electron chi connectivity index (χ0n) is 12.5. The fraction of sp³-hybridized carbons (Fsp3) is 0.625. The van der Waals surface area contributed by atoms with Crippen molar-refractivity contribution in [3.63, 3.8) is 0 Å². The Bertz CT molecular complexity index is 471. The third-order valence-corrected chi connectivity index (χ3v) is 5.17. The van der Waals surface area contributed by atoms with E-state index in [-0.39, 0.29) is 18.9 Å². The van der Waals surface area contributed by atoms with Crippen LogP contribution in [0.2, 0.25) is 0 Å². The Balaban J connectivity index is 2.06. The largest absolute Gasteiger partial charge is 0.497 e. The van der Waals surface area contributed by atoms with Crippen LogP contribution in [0, 0.1) is 5.92 Å². The molecule has 1 N–H and O–H groups in total. The van der Waals surface area contributed by atoms with E-state index in [9.17, 15) is 8.78 Å². The van der Waals surface area contributed by atoms with Gasteiger partial charge in [-0.15, -0.1) is 0 Å². The Morgan fingerprint density at radius 2 is 2.05 bits per heavy atom. The topological polar surface area (TPSA) is 21.3 Å². The van der Waals surface area contributed by atoms with E-state index in [1.165, 1.54) is 0 Å². The Morgan fingerprint density at radius 3 is 2.62 bits per heavy atom. The Kier molecular flexibility index (Phi) is 5.60. The summed E-state index contributed by atoms with van der Waals surface area (Å²) in [6, 6.07) is 6.09. The second-order valence-electron chi connectivity index (χ2n) is 5.75. The highest BCUT2D eigenvalue weighted by Gasteiger charge is 2.37. The maximum absolute atomic E-state index is 13.3. The molecule has 0 spiro atoms. The standard InChI is InChI=1S/C16H22BrF2NO/c1-20-15(11-5-7-16(18,19)8-6-11)10-12-9-13(21-2)3-4-14(12)17/h3-4,9,11,15,20H,5-8,10H2,1-2H3. The normalized spacial score (nSPS) is 20.2. The first-order valence-corrected chi connectivity index (χ1v) is 8.12. The molecule has 0 radical (unpaired) electrons. The minimum Gasteiger partial charge on any atom is -0.497 e. The van der Waals surface area contributed by atoms with Gasteiger partial charge in [0.25, 0.3) is 0 Å². The smallest absolute Gasteiger partial charge is 0.248 e. The molecule has 0 aliphatic heterocycles. The predicted octanol–water partition coefficient (Wildman–Crippen LogP) is 4.41. The Morgan fingerprint density at radius 1 is 1.38 bits per heavy atom. The Hall–Kier alpha value is -0.680. The summed E-state index contributed by atoms with van der Waals surface area (Å²) in [6.45, 7) is 0. The van der Waals surface area contributed by atoms with E-state index in [1.54, 1.807) is 7.11 Å². The first-order valence-electron chi connectivity index (χ1n) is 7.32. The lowest BCUT2D eigenvalue weighted by atomic mass is 9.80. The minimum absolute atomic E-state index is 0.00905. The molecule has 1 aromatic rings. The van der Waals surface area contributed by atoms with Crippen LogP contribution in [0.3, 0.4) is 0 Å². The lowest BCUT2D eigenvalue weighted by molar-refractivity contribution is -0.0492. The predicted molar refractivity (Wildman–Crippen MR) is 84.2 cm³/mol. The summed E-state index contributed by atoms with van der Waals surface area (Å²) in [5.74, 6) is -1.35. The first kappa shape index (κ1) is 16.7. The molecule has 1 aliphatic carbocycles. The van der Waals surface area contributed by atoms with Crippen LogP contribution in [0.1, 0.15) is 31.2 Å². The van der Waals surface area contributed by atoms with Crippen LogP contribution >= 0.6 is 15.9 Å². The van der Waals surface area contributed by atoms with Crippen molar-refractivity contribution < 1.29 is 13.5 Å². The number of likely N-dealkylation sites (N-methyl/N-ethyl adjacent to an activating group) is 1. The number of ether oxygens (including phenoxy) is 1. The van der Waals surface area contributed by atoms with Gasteiger partial charge in [0.15, 0.2) is 0 Å². The number of benzene rings is 1. The van der Waals surface area contributed by atoms with Gasteiger partial charge in [-0.3, -0.25) is 0 Å². The van der Waals surface area contributed by atoms with Crippen molar-refractivity contribution in [1.29, 1.82) is 0 Å². The molecule has 21 heavy (non-hydrogen) atoms. The fourth-order valence-corrected chi connectivity index (χ4v) is 3.45. The molecule has 0 aromatic heterocycles. The molecular formula is C16H22BrF2NO. The number of rotatable bonds is 5. The van der Waals surface area contributed by atoms with E-state index in [2.05, 4.69) is 21.2 Å². The van der Waals surface area contributed by atoms with E-state index >= 15 is 0 Å². The van der Waals surface area contributed by atoms with Gasteiger partial charge in [-0.05, 0) is 56.0 Å². The van der Waals surface area contributed by atoms with Gasteiger partial charge in [-0.1, -0.05) is 15.9 Å². The first-order chi connectivity index (χ1) is 9.95. The molecule has 0 bridgehead atoms. The molecule has 2 nitrogen and oxygen atoms in total. The molecule has 1 aliphatic rings. The highest BCUT2D eigenvalue weighted by Crippen LogP contribution is 2.38. The molecule has 0 amide bonds. The van der Waals surface area contributed by atoms with E-state index in [0.29, 0.717) is 18.8 Å². The highest BCUT2D eigenvalue weighted by molar-refractivity contribution is 9.10. The quantitative estimate of drug-likeness (QED) is 0.838. The zero-order valence-corrected chi connectivity index (χ0v) is 14.1. The number of hydrogen-bond donors (Lipinski definition) is 1. The highest BCUT2D eigenvalue weighted by atomic mass is 79.9. The van der Waals surface area contributed by atoms with Gasteiger partial charge in [0.2, 0.25) is 5.92 Å². The van der Waals surface area contributed by atoms with Gasteiger partial charge in [0.05, 0.1) is 7.11 Å². The monoisotopic (exact) mass is 361 g/mol. The van der Waals surface area contributed by atoms with E-state index in [4.69, 9.17) is 4.74 Å². The number of methoxy groups -OCH3 is 1. The molecule has 0 heterocycles.